The molecule has 0 amide bonds. The van der Waals surface area contributed by atoms with Gasteiger partial charge < -0.3 is 5.73 Å². The molecule has 1 aliphatic rings. The summed E-state index contributed by atoms with van der Waals surface area (Å²) in [5.41, 5.74) is 5.21. The van der Waals surface area contributed by atoms with E-state index >= 15 is 0 Å². The fraction of sp³-hybridized carbons (Fsp3) is 0.333. The molecule has 66 valence electrons. The van der Waals surface area contributed by atoms with Crippen molar-refractivity contribution in [3.63, 3.8) is 0 Å². The van der Waals surface area contributed by atoms with Gasteiger partial charge in [-0.2, -0.15) is 4.39 Å². The third-order valence-corrected chi connectivity index (χ3v) is 2.04. The first kappa shape index (κ1) is 9.34. The topological polar surface area (TPSA) is 69.2 Å². The summed E-state index contributed by atoms with van der Waals surface area (Å²) < 4.78 is 13.7. The van der Waals surface area contributed by atoms with Gasteiger partial charge in [-0.1, -0.05) is 22.0 Å². The third kappa shape index (κ3) is 1.39. The van der Waals surface area contributed by atoms with Crippen LogP contribution in [0.4, 0.5) is 4.39 Å². The van der Waals surface area contributed by atoms with Crippen LogP contribution in [0.3, 0.4) is 0 Å². The Morgan fingerprint density at radius 3 is 2.83 bits per heavy atom. The molecule has 1 rings (SSSR count). The second kappa shape index (κ2) is 2.95. The molecule has 2 atom stereocenters. The maximum Gasteiger partial charge on any atom is 0.397 e. The van der Waals surface area contributed by atoms with Crippen LogP contribution in [0.25, 0.3) is 0 Å². The van der Waals surface area contributed by atoms with Crippen LogP contribution in [0.2, 0.25) is 0 Å². The Morgan fingerprint density at radius 1 is 1.83 bits per heavy atom. The maximum atomic E-state index is 13.4. The lowest BCUT2D eigenvalue weighted by Gasteiger charge is -2.20. The summed E-state index contributed by atoms with van der Waals surface area (Å²) in [6.07, 6.45) is 3.57. The van der Waals surface area contributed by atoms with Gasteiger partial charge in [0.15, 0.2) is 0 Å². The molecule has 0 aromatic heterocycles. The molecule has 0 spiro atoms. The Labute approximate surface area is 76.2 Å². The molecule has 2 unspecified atom stereocenters. The number of nitrogens with two attached hydrogens (primary N) is 1. The fourth-order valence-electron chi connectivity index (χ4n) is 0.843. The van der Waals surface area contributed by atoms with Gasteiger partial charge >= 0.3 is 5.79 Å². The summed E-state index contributed by atoms with van der Waals surface area (Å²) in [7, 11) is 0. The van der Waals surface area contributed by atoms with Crippen molar-refractivity contribution >= 4 is 15.9 Å². The molecular formula is C6H6BrFN2O2. The lowest BCUT2D eigenvalue weighted by molar-refractivity contribution is -0.591. The van der Waals surface area contributed by atoms with E-state index in [0.29, 0.717) is 4.48 Å². The van der Waals surface area contributed by atoms with E-state index in [4.69, 9.17) is 5.73 Å². The van der Waals surface area contributed by atoms with E-state index in [1.165, 1.54) is 12.2 Å². The average Bonchev–Trinajstić information content (AvgIpc) is 1.97. The zero-order chi connectivity index (χ0) is 9.35. The van der Waals surface area contributed by atoms with Gasteiger partial charge in [0.2, 0.25) is 0 Å². The predicted molar refractivity (Wildman–Crippen MR) is 45.0 cm³/mol. The summed E-state index contributed by atoms with van der Waals surface area (Å²) in [4.78, 5) is 9.24. The van der Waals surface area contributed by atoms with E-state index in [1.54, 1.807) is 0 Å². The van der Waals surface area contributed by atoms with Crippen molar-refractivity contribution in [1.82, 2.24) is 0 Å². The highest BCUT2D eigenvalue weighted by atomic mass is 79.9. The number of rotatable bonds is 1. The Balaban J connectivity index is 3.05. The molecule has 4 nitrogen and oxygen atoms in total. The number of nitrogens with zero attached hydrogens (tertiary/aromatic N) is 1. The van der Waals surface area contributed by atoms with E-state index in [1.807, 2.05) is 0 Å². The molecular weight excluding hydrogens is 231 g/mol. The highest BCUT2D eigenvalue weighted by Gasteiger charge is 2.48. The molecule has 0 heterocycles. The molecule has 0 fully saturated rings. The lowest BCUT2D eigenvalue weighted by atomic mass is 10.0. The SMILES string of the molecule is NC1C=CC(Br)=CC1(F)[N+](=O)[O-]. The average molecular weight is 237 g/mol. The minimum atomic E-state index is -2.69. The molecule has 0 saturated carbocycles. The van der Waals surface area contributed by atoms with Crippen LogP contribution in [0.15, 0.2) is 22.7 Å². The second-order valence-corrected chi connectivity index (χ2v) is 3.31. The van der Waals surface area contributed by atoms with E-state index in [9.17, 15) is 14.5 Å². The Hall–Kier alpha value is -0.750. The van der Waals surface area contributed by atoms with Crippen molar-refractivity contribution in [2.45, 2.75) is 11.8 Å². The van der Waals surface area contributed by atoms with E-state index in [-0.39, 0.29) is 0 Å². The molecule has 0 aliphatic heterocycles. The number of halogens is 2. The highest BCUT2D eigenvalue weighted by Crippen LogP contribution is 2.27. The van der Waals surface area contributed by atoms with Crippen LogP contribution >= 0.6 is 15.9 Å². The second-order valence-electron chi connectivity index (χ2n) is 2.40. The summed E-state index contributed by atoms with van der Waals surface area (Å²) in [5, 5.41) is 10.3. The zero-order valence-electron chi connectivity index (χ0n) is 5.91. The minimum absolute atomic E-state index is 0.323. The first-order valence-electron chi connectivity index (χ1n) is 3.12. The standard InChI is InChI=1S/C6H6BrFN2O2/c7-4-1-2-5(9)6(8,3-4)10(11)12/h1-3,5H,9H2. The number of nitro groups is 1. The van der Waals surface area contributed by atoms with Crippen molar-refractivity contribution < 1.29 is 9.31 Å². The zero-order valence-corrected chi connectivity index (χ0v) is 7.49. The molecule has 0 aromatic carbocycles. The van der Waals surface area contributed by atoms with Gasteiger partial charge in [-0.25, -0.2) is 0 Å². The summed E-state index contributed by atoms with van der Waals surface area (Å²) in [6.45, 7) is 0. The minimum Gasteiger partial charge on any atom is -0.316 e. The van der Waals surface area contributed by atoms with Gasteiger partial charge in [-0.15, -0.1) is 0 Å². The molecule has 0 aromatic rings. The van der Waals surface area contributed by atoms with E-state index < -0.39 is 16.8 Å². The fourth-order valence-corrected chi connectivity index (χ4v) is 1.32. The maximum absolute atomic E-state index is 13.4. The summed E-state index contributed by atoms with van der Waals surface area (Å²) in [5.74, 6) is -2.69. The summed E-state index contributed by atoms with van der Waals surface area (Å²) in [6, 6.07) is -1.23. The first-order valence-corrected chi connectivity index (χ1v) is 3.91. The largest absolute Gasteiger partial charge is 0.397 e. The molecule has 1 aliphatic carbocycles. The van der Waals surface area contributed by atoms with Crippen molar-refractivity contribution in [2.75, 3.05) is 0 Å². The molecule has 2 N–H and O–H groups in total. The third-order valence-electron chi connectivity index (χ3n) is 1.55. The quantitative estimate of drug-likeness (QED) is 0.421. The molecule has 12 heavy (non-hydrogen) atoms. The Morgan fingerprint density at radius 2 is 2.42 bits per heavy atom. The van der Waals surface area contributed by atoms with E-state index in [2.05, 4.69) is 15.9 Å². The molecule has 0 saturated heterocycles. The predicted octanol–water partition coefficient (Wildman–Crippen LogP) is 1.10. The number of allylic oxidation sites excluding steroid dienone is 2. The monoisotopic (exact) mass is 236 g/mol. The Bertz CT molecular complexity index is 279. The van der Waals surface area contributed by atoms with Crippen LogP contribution in [-0.4, -0.2) is 16.8 Å². The van der Waals surface area contributed by atoms with Crippen molar-refractivity contribution in [1.29, 1.82) is 0 Å². The van der Waals surface area contributed by atoms with E-state index in [0.717, 1.165) is 6.08 Å². The van der Waals surface area contributed by atoms with Crippen molar-refractivity contribution in [2.24, 2.45) is 5.73 Å². The van der Waals surface area contributed by atoms with Gasteiger partial charge in [0.25, 0.3) is 0 Å². The van der Waals surface area contributed by atoms with Gasteiger partial charge in [0, 0.05) is 10.6 Å². The lowest BCUT2D eigenvalue weighted by Crippen LogP contribution is -2.48. The van der Waals surface area contributed by atoms with Crippen LogP contribution in [0, 0.1) is 10.1 Å². The Kier molecular flexibility index (Phi) is 2.29. The summed E-state index contributed by atoms with van der Waals surface area (Å²) >= 11 is 2.93. The van der Waals surface area contributed by atoms with Crippen LogP contribution in [-0.2, 0) is 0 Å². The first-order chi connectivity index (χ1) is 5.47. The van der Waals surface area contributed by atoms with Crippen molar-refractivity contribution in [3.8, 4) is 0 Å². The normalized spacial score (nSPS) is 34.6. The van der Waals surface area contributed by atoms with Crippen molar-refractivity contribution in [3.05, 3.63) is 32.8 Å². The highest BCUT2D eigenvalue weighted by molar-refractivity contribution is 9.11. The number of hydrogen-bond donors (Lipinski definition) is 1. The molecule has 6 heteroatoms. The van der Waals surface area contributed by atoms with Crippen LogP contribution in [0.5, 0.6) is 0 Å². The molecule has 0 radical (unpaired) electrons. The van der Waals surface area contributed by atoms with Crippen LogP contribution < -0.4 is 5.73 Å². The number of alkyl halides is 1. The van der Waals surface area contributed by atoms with Gasteiger partial charge in [0.05, 0.1) is 4.92 Å². The molecule has 0 bridgehead atoms. The smallest absolute Gasteiger partial charge is 0.316 e. The number of hydrogen-bond acceptors (Lipinski definition) is 3. The van der Waals surface area contributed by atoms with Crippen LogP contribution in [0.1, 0.15) is 0 Å². The van der Waals surface area contributed by atoms with Gasteiger partial charge in [-0.05, 0) is 6.08 Å². The van der Waals surface area contributed by atoms with Gasteiger partial charge in [0.1, 0.15) is 6.04 Å². The van der Waals surface area contributed by atoms with Gasteiger partial charge in [-0.3, -0.25) is 10.1 Å².